The molecule has 0 saturated carbocycles. The van der Waals surface area contributed by atoms with Gasteiger partial charge in [-0.2, -0.15) is 0 Å². The second-order valence-electron chi connectivity index (χ2n) is 4.95. The number of para-hydroxylation sites is 1. The number of rotatable bonds is 10. The maximum absolute atomic E-state index is 9.82. The molecule has 0 saturated heterocycles. The molecule has 1 rings (SSSR count). The predicted octanol–water partition coefficient (Wildman–Crippen LogP) is 2.65. The van der Waals surface area contributed by atoms with Crippen molar-refractivity contribution in [3.05, 3.63) is 29.8 Å². The van der Waals surface area contributed by atoms with E-state index in [2.05, 4.69) is 6.92 Å². The first-order valence-electron chi connectivity index (χ1n) is 7.42. The van der Waals surface area contributed by atoms with Crippen LogP contribution in [0.2, 0.25) is 0 Å². The molecule has 1 aromatic rings. The van der Waals surface area contributed by atoms with Crippen LogP contribution in [0.3, 0.4) is 0 Å². The zero-order valence-corrected chi connectivity index (χ0v) is 12.5. The number of nitrogens with two attached hydrogens (primary N) is 1. The van der Waals surface area contributed by atoms with E-state index in [-0.39, 0.29) is 12.6 Å². The molecule has 0 amide bonds. The van der Waals surface area contributed by atoms with Crippen molar-refractivity contribution in [2.75, 3.05) is 19.8 Å². The molecule has 0 radical (unpaired) electrons. The van der Waals surface area contributed by atoms with Gasteiger partial charge in [0.15, 0.2) is 0 Å². The third kappa shape index (κ3) is 5.90. The average molecular weight is 281 g/mol. The summed E-state index contributed by atoms with van der Waals surface area (Å²) in [6.07, 6.45) is 2.34. The largest absolute Gasteiger partial charge is 0.490 e. The van der Waals surface area contributed by atoms with E-state index in [0.717, 1.165) is 30.6 Å². The van der Waals surface area contributed by atoms with Gasteiger partial charge in [-0.1, -0.05) is 38.5 Å². The van der Waals surface area contributed by atoms with Crippen molar-refractivity contribution in [1.82, 2.24) is 0 Å². The number of aliphatic hydroxyl groups excluding tert-OH is 1. The van der Waals surface area contributed by atoms with Gasteiger partial charge in [0.05, 0.1) is 6.61 Å². The summed E-state index contributed by atoms with van der Waals surface area (Å²) in [5, 5.41) is 9.82. The van der Waals surface area contributed by atoms with E-state index in [0.29, 0.717) is 13.2 Å². The highest BCUT2D eigenvalue weighted by Gasteiger charge is 2.12. The standard InChI is InChI=1S/C16H27NO3/c1-3-5-10-19-11-13(18)12-20-16-9-7-6-8-14(16)15(17)4-2/h6-9,13,15,18H,3-5,10-12,17H2,1-2H3/t13?,15-/m1/s1. The maximum Gasteiger partial charge on any atom is 0.124 e. The molecule has 20 heavy (non-hydrogen) atoms. The van der Waals surface area contributed by atoms with Crippen LogP contribution in [0.15, 0.2) is 24.3 Å². The zero-order valence-electron chi connectivity index (χ0n) is 12.5. The summed E-state index contributed by atoms with van der Waals surface area (Å²) in [4.78, 5) is 0. The van der Waals surface area contributed by atoms with Crippen molar-refractivity contribution in [2.24, 2.45) is 5.73 Å². The van der Waals surface area contributed by atoms with E-state index in [1.807, 2.05) is 31.2 Å². The molecule has 1 unspecified atom stereocenters. The van der Waals surface area contributed by atoms with Crippen molar-refractivity contribution in [3.63, 3.8) is 0 Å². The van der Waals surface area contributed by atoms with Gasteiger partial charge in [-0.25, -0.2) is 0 Å². The van der Waals surface area contributed by atoms with Crippen LogP contribution in [0.25, 0.3) is 0 Å². The normalized spacial score (nSPS) is 14.0. The fraction of sp³-hybridized carbons (Fsp3) is 0.625. The van der Waals surface area contributed by atoms with Gasteiger partial charge in [-0.15, -0.1) is 0 Å². The van der Waals surface area contributed by atoms with Crippen molar-refractivity contribution >= 4 is 0 Å². The van der Waals surface area contributed by atoms with E-state index in [1.165, 1.54) is 0 Å². The molecule has 3 N–H and O–H groups in total. The third-order valence-corrected chi connectivity index (χ3v) is 3.14. The maximum atomic E-state index is 9.82. The summed E-state index contributed by atoms with van der Waals surface area (Å²) in [5.41, 5.74) is 7.03. The molecule has 0 aliphatic carbocycles. The lowest BCUT2D eigenvalue weighted by molar-refractivity contribution is 0.0111. The van der Waals surface area contributed by atoms with Crippen LogP contribution in [0, 0.1) is 0 Å². The molecule has 0 aliphatic rings. The summed E-state index contributed by atoms with van der Waals surface area (Å²) in [7, 11) is 0. The highest BCUT2D eigenvalue weighted by molar-refractivity contribution is 5.35. The zero-order chi connectivity index (χ0) is 14.8. The molecule has 0 heterocycles. The van der Waals surface area contributed by atoms with Crippen LogP contribution in [0.4, 0.5) is 0 Å². The molecule has 0 bridgehead atoms. The van der Waals surface area contributed by atoms with Gasteiger partial charge in [0.1, 0.15) is 18.5 Å². The average Bonchev–Trinajstić information content (AvgIpc) is 2.49. The highest BCUT2D eigenvalue weighted by atomic mass is 16.5. The molecule has 0 aromatic heterocycles. The Morgan fingerprint density at radius 1 is 1.20 bits per heavy atom. The molecular weight excluding hydrogens is 254 g/mol. The Labute approximate surface area is 121 Å². The lowest BCUT2D eigenvalue weighted by Gasteiger charge is -2.17. The Balaban J connectivity index is 2.41. The Kier molecular flexibility index (Phi) is 8.26. The minimum Gasteiger partial charge on any atom is -0.490 e. The second-order valence-corrected chi connectivity index (χ2v) is 4.95. The van der Waals surface area contributed by atoms with Gasteiger partial charge in [-0.05, 0) is 18.9 Å². The lowest BCUT2D eigenvalue weighted by atomic mass is 10.0. The molecule has 4 heteroatoms. The van der Waals surface area contributed by atoms with Gasteiger partial charge in [0.2, 0.25) is 0 Å². The third-order valence-electron chi connectivity index (χ3n) is 3.14. The number of aliphatic hydroxyl groups is 1. The predicted molar refractivity (Wildman–Crippen MR) is 80.9 cm³/mol. The number of unbranched alkanes of at least 4 members (excludes halogenated alkanes) is 1. The topological polar surface area (TPSA) is 64.7 Å². The summed E-state index contributed by atoms with van der Waals surface area (Å²) in [6.45, 7) is 5.36. The number of benzene rings is 1. The summed E-state index contributed by atoms with van der Waals surface area (Å²) >= 11 is 0. The van der Waals surface area contributed by atoms with Crippen molar-refractivity contribution < 1.29 is 14.6 Å². The summed E-state index contributed by atoms with van der Waals surface area (Å²) in [6, 6.07) is 7.67. The molecule has 0 spiro atoms. The van der Waals surface area contributed by atoms with Gasteiger partial charge in [-0.3, -0.25) is 0 Å². The lowest BCUT2D eigenvalue weighted by Crippen LogP contribution is -2.24. The van der Waals surface area contributed by atoms with Gasteiger partial charge >= 0.3 is 0 Å². The fourth-order valence-electron chi connectivity index (χ4n) is 1.84. The van der Waals surface area contributed by atoms with E-state index in [9.17, 15) is 5.11 Å². The van der Waals surface area contributed by atoms with Crippen molar-refractivity contribution in [3.8, 4) is 5.75 Å². The summed E-state index contributed by atoms with van der Waals surface area (Å²) in [5.74, 6) is 0.745. The first-order chi connectivity index (χ1) is 9.69. The van der Waals surface area contributed by atoms with E-state index >= 15 is 0 Å². The Bertz CT molecular complexity index is 370. The molecular formula is C16H27NO3. The highest BCUT2D eigenvalue weighted by Crippen LogP contribution is 2.25. The van der Waals surface area contributed by atoms with Crippen LogP contribution in [-0.4, -0.2) is 31.0 Å². The Hall–Kier alpha value is -1.10. The Morgan fingerprint density at radius 2 is 1.95 bits per heavy atom. The molecule has 4 nitrogen and oxygen atoms in total. The smallest absolute Gasteiger partial charge is 0.124 e. The monoisotopic (exact) mass is 281 g/mol. The quantitative estimate of drug-likeness (QED) is 0.647. The molecule has 2 atom stereocenters. The molecule has 114 valence electrons. The first kappa shape index (κ1) is 17.0. The Morgan fingerprint density at radius 3 is 2.65 bits per heavy atom. The first-order valence-corrected chi connectivity index (χ1v) is 7.42. The SMILES string of the molecule is CCCCOCC(O)COc1ccccc1[C@H](N)CC. The summed E-state index contributed by atoms with van der Waals surface area (Å²) < 4.78 is 11.0. The number of ether oxygens (including phenoxy) is 2. The van der Waals surface area contributed by atoms with E-state index in [1.54, 1.807) is 0 Å². The molecule has 0 aliphatic heterocycles. The second kappa shape index (κ2) is 9.75. The van der Waals surface area contributed by atoms with Crippen LogP contribution in [0.5, 0.6) is 5.75 Å². The van der Waals surface area contributed by atoms with Gasteiger partial charge in [0, 0.05) is 18.2 Å². The number of hydrogen-bond acceptors (Lipinski definition) is 4. The van der Waals surface area contributed by atoms with E-state index in [4.69, 9.17) is 15.2 Å². The fourth-order valence-corrected chi connectivity index (χ4v) is 1.84. The van der Waals surface area contributed by atoms with E-state index < -0.39 is 6.10 Å². The van der Waals surface area contributed by atoms with Gasteiger partial charge < -0.3 is 20.3 Å². The van der Waals surface area contributed by atoms with Crippen molar-refractivity contribution in [1.29, 1.82) is 0 Å². The minimum atomic E-state index is -0.613. The molecule has 0 fully saturated rings. The molecule has 1 aromatic carbocycles. The minimum absolute atomic E-state index is 0.0378. The van der Waals surface area contributed by atoms with Crippen LogP contribution in [-0.2, 0) is 4.74 Å². The van der Waals surface area contributed by atoms with Gasteiger partial charge in [0.25, 0.3) is 0 Å². The van der Waals surface area contributed by atoms with Crippen LogP contribution >= 0.6 is 0 Å². The van der Waals surface area contributed by atoms with Crippen LogP contribution in [0.1, 0.15) is 44.7 Å². The van der Waals surface area contributed by atoms with Crippen LogP contribution < -0.4 is 10.5 Å². The number of hydrogen-bond donors (Lipinski definition) is 2. The van der Waals surface area contributed by atoms with Crippen molar-refractivity contribution in [2.45, 2.75) is 45.3 Å².